The van der Waals surface area contributed by atoms with Gasteiger partial charge in [0.05, 0.1) is 27.4 Å². The van der Waals surface area contributed by atoms with Gasteiger partial charge in [-0.25, -0.2) is 0 Å². The highest BCUT2D eigenvalue weighted by Gasteiger charge is 2.29. The molecule has 0 amide bonds. The van der Waals surface area contributed by atoms with Crippen LogP contribution in [0.2, 0.25) is 0 Å². The van der Waals surface area contributed by atoms with Gasteiger partial charge in [0, 0.05) is 47.4 Å². The Balaban J connectivity index is 1.87. The van der Waals surface area contributed by atoms with Crippen molar-refractivity contribution in [2.75, 3.05) is 47.5 Å². The highest BCUT2D eigenvalue weighted by atomic mass is 32.1. The number of rotatable bonds is 6. The summed E-state index contributed by atoms with van der Waals surface area (Å²) >= 11 is 1.85. The van der Waals surface area contributed by atoms with Crippen LogP contribution in [0.25, 0.3) is 10.1 Å². The highest BCUT2D eigenvalue weighted by Crippen LogP contribution is 2.44. The van der Waals surface area contributed by atoms with E-state index in [1.165, 1.54) is 15.0 Å². The molecule has 1 aliphatic heterocycles. The summed E-state index contributed by atoms with van der Waals surface area (Å²) in [5.74, 6) is 2.22. The molecule has 0 aliphatic carbocycles. The van der Waals surface area contributed by atoms with E-state index in [-0.39, 0.29) is 6.04 Å². The molecule has 1 unspecified atom stereocenters. The number of nitrogens with zero attached hydrogens (tertiary/aromatic N) is 1. The van der Waals surface area contributed by atoms with Gasteiger partial charge in [-0.05, 0) is 23.6 Å². The smallest absolute Gasteiger partial charge is 0.164 e. The maximum atomic E-state index is 5.78. The highest BCUT2D eigenvalue weighted by molar-refractivity contribution is 7.19. The molecule has 4 rings (SSSR count). The lowest BCUT2D eigenvalue weighted by molar-refractivity contribution is 0.197. The van der Waals surface area contributed by atoms with Crippen molar-refractivity contribution in [2.24, 2.45) is 0 Å². The predicted octanol–water partition coefficient (Wildman–Crippen LogP) is 3.92. The van der Waals surface area contributed by atoms with Gasteiger partial charge in [-0.15, -0.1) is 11.3 Å². The van der Waals surface area contributed by atoms with Crippen molar-refractivity contribution in [3.05, 3.63) is 52.9 Å². The first-order chi connectivity index (χ1) is 13.7. The normalized spacial score (nSPS) is 16.1. The van der Waals surface area contributed by atoms with E-state index < -0.39 is 0 Å². The summed E-state index contributed by atoms with van der Waals surface area (Å²) < 4.78 is 18.2. The van der Waals surface area contributed by atoms with Crippen LogP contribution in [0, 0.1) is 0 Å². The van der Waals surface area contributed by atoms with Gasteiger partial charge in [0.1, 0.15) is 5.75 Å². The Morgan fingerprint density at radius 3 is 2.25 bits per heavy atom. The first-order valence-corrected chi connectivity index (χ1v) is 10.3. The second-order valence-corrected chi connectivity index (χ2v) is 7.94. The molecule has 6 heteroatoms. The Morgan fingerprint density at radius 2 is 1.57 bits per heavy atom. The second-order valence-electron chi connectivity index (χ2n) is 6.82. The summed E-state index contributed by atoms with van der Waals surface area (Å²) in [6.07, 6.45) is 0. The quantitative estimate of drug-likeness (QED) is 0.682. The molecule has 1 fully saturated rings. The van der Waals surface area contributed by atoms with E-state index in [0.717, 1.165) is 43.2 Å². The zero-order valence-corrected chi connectivity index (χ0v) is 17.3. The van der Waals surface area contributed by atoms with Gasteiger partial charge in [-0.3, -0.25) is 4.90 Å². The lowest BCUT2D eigenvalue weighted by atomic mass is 10.00. The molecule has 1 atom stereocenters. The Morgan fingerprint density at radius 1 is 0.893 bits per heavy atom. The number of piperazine rings is 1. The van der Waals surface area contributed by atoms with Gasteiger partial charge in [0.25, 0.3) is 0 Å². The van der Waals surface area contributed by atoms with Crippen molar-refractivity contribution < 1.29 is 14.2 Å². The summed E-state index contributed by atoms with van der Waals surface area (Å²) in [7, 11) is 5.04. The number of hydrogen-bond acceptors (Lipinski definition) is 6. The standard InChI is InChI=1S/C22H26N2O3S/c1-25-17-14-19(27-3)18(26-2)13-16(17)22(24-10-8-23-9-11-24)21-12-15-6-4-5-7-20(15)28-21/h4-7,12-14,22-23H,8-11H2,1-3H3. The van der Waals surface area contributed by atoms with E-state index in [2.05, 4.69) is 46.6 Å². The molecular formula is C22H26N2O3S. The first kappa shape index (κ1) is 19.1. The second kappa shape index (κ2) is 8.39. The minimum absolute atomic E-state index is 0.106. The molecule has 0 spiro atoms. The van der Waals surface area contributed by atoms with Crippen molar-refractivity contribution in [3.8, 4) is 17.2 Å². The Labute approximate surface area is 169 Å². The van der Waals surface area contributed by atoms with Crippen LogP contribution in [-0.2, 0) is 0 Å². The van der Waals surface area contributed by atoms with E-state index in [1.54, 1.807) is 21.3 Å². The Bertz CT molecular complexity index is 917. The van der Waals surface area contributed by atoms with Crippen LogP contribution < -0.4 is 19.5 Å². The van der Waals surface area contributed by atoms with Gasteiger partial charge >= 0.3 is 0 Å². The van der Waals surface area contributed by atoms with Crippen LogP contribution in [-0.4, -0.2) is 52.4 Å². The lowest BCUT2D eigenvalue weighted by Crippen LogP contribution is -2.45. The van der Waals surface area contributed by atoms with Crippen molar-refractivity contribution in [1.29, 1.82) is 0 Å². The molecule has 148 valence electrons. The summed E-state index contributed by atoms with van der Waals surface area (Å²) in [4.78, 5) is 3.83. The maximum absolute atomic E-state index is 5.78. The average molecular weight is 399 g/mol. The molecule has 1 aliphatic rings. The van der Waals surface area contributed by atoms with Crippen LogP contribution in [0.1, 0.15) is 16.5 Å². The fourth-order valence-electron chi connectivity index (χ4n) is 3.87. The third kappa shape index (κ3) is 3.55. The van der Waals surface area contributed by atoms with Gasteiger partial charge in [-0.1, -0.05) is 18.2 Å². The number of hydrogen-bond donors (Lipinski definition) is 1. The molecule has 0 saturated carbocycles. The molecular weight excluding hydrogens is 372 g/mol. The van der Waals surface area contributed by atoms with Crippen LogP contribution in [0.4, 0.5) is 0 Å². The lowest BCUT2D eigenvalue weighted by Gasteiger charge is -2.35. The van der Waals surface area contributed by atoms with Crippen molar-refractivity contribution in [2.45, 2.75) is 6.04 Å². The number of methoxy groups -OCH3 is 3. The average Bonchev–Trinajstić information content (AvgIpc) is 3.17. The van der Waals surface area contributed by atoms with Gasteiger partial charge < -0.3 is 19.5 Å². The first-order valence-electron chi connectivity index (χ1n) is 9.48. The molecule has 1 N–H and O–H groups in total. The minimum Gasteiger partial charge on any atom is -0.496 e. The number of nitrogens with one attached hydrogen (secondary N) is 1. The van der Waals surface area contributed by atoms with E-state index in [0.29, 0.717) is 5.75 Å². The summed E-state index contributed by atoms with van der Waals surface area (Å²) in [5.41, 5.74) is 1.11. The topological polar surface area (TPSA) is 43.0 Å². The molecule has 1 saturated heterocycles. The van der Waals surface area contributed by atoms with Crippen LogP contribution >= 0.6 is 11.3 Å². The molecule has 0 radical (unpaired) electrons. The van der Waals surface area contributed by atoms with Crippen LogP contribution in [0.5, 0.6) is 17.2 Å². The van der Waals surface area contributed by atoms with Gasteiger partial charge in [0.15, 0.2) is 11.5 Å². The third-order valence-corrected chi connectivity index (χ3v) is 6.43. The SMILES string of the molecule is COc1cc(OC)c(C(c2cc3ccccc3s2)N2CCNCC2)cc1OC. The fourth-order valence-corrected chi connectivity index (χ4v) is 5.09. The van der Waals surface area contributed by atoms with Gasteiger partial charge in [-0.2, -0.15) is 0 Å². The number of fused-ring (bicyclic) bond motifs is 1. The number of ether oxygens (including phenoxy) is 3. The van der Waals surface area contributed by atoms with E-state index in [4.69, 9.17) is 14.2 Å². The Kier molecular flexibility index (Phi) is 5.71. The van der Waals surface area contributed by atoms with E-state index in [1.807, 2.05) is 17.4 Å². The fraction of sp³-hybridized carbons (Fsp3) is 0.364. The van der Waals surface area contributed by atoms with Crippen molar-refractivity contribution in [1.82, 2.24) is 10.2 Å². The number of thiophene rings is 1. The van der Waals surface area contributed by atoms with Crippen LogP contribution in [0.15, 0.2) is 42.5 Å². The van der Waals surface area contributed by atoms with E-state index in [9.17, 15) is 0 Å². The largest absolute Gasteiger partial charge is 0.496 e. The maximum Gasteiger partial charge on any atom is 0.164 e. The monoisotopic (exact) mass is 398 g/mol. The molecule has 3 aromatic rings. The zero-order chi connectivity index (χ0) is 19.5. The molecule has 0 bridgehead atoms. The van der Waals surface area contributed by atoms with Crippen molar-refractivity contribution >= 4 is 21.4 Å². The molecule has 2 heterocycles. The van der Waals surface area contributed by atoms with E-state index >= 15 is 0 Å². The third-order valence-electron chi connectivity index (χ3n) is 5.26. The summed E-state index contributed by atoms with van der Waals surface area (Å²) in [5, 5.41) is 4.73. The molecule has 2 aromatic carbocycles. The molecule has 28 heavy (non-hydrogen) atoms. The molecule has 1 aromatic heterocycles. The number of benzene rings is 2. The van der Waals surface area contributed by atoms with Crippen LogP contribution in [0.3, 0.4) is 0 Å². The van der Waals surface area contributed by atoms with Crippen molar-refractivity contribution in [3.63, 3.8) is 0 Å². The predicted molar refractivity (Wildman–Crippen MR) is 114 cm³/mol. The minimum atomic E-state index is 0.106. The summed E-state index contributed by atoms with van der Waals surface area (Å²) in [6.45, 7) is 3.93. The molecule has 5 nitrogen and oxygen atoms in total. The van der Waals surface area contributed by atoms with Gasteiger partial charge in [0.2, 0.25) is 0 Å². The Hall–Kier alpha value is -2.28. The zero-order valence-electron chi connectivity index (χ0n) is 16.5. The summed E-state index contributed by atoms with van der Waals surface area (Å²) in [6, 6.07) is 15.0.